The zero-order chi connectivity index (χ0) is 17.5. The van der Waals surface area contributed by atoms with Crippen LogP contribution in [-0.2, 0) is 14.4 Å². The Morgan fingerprint density at radius 3 is 2.76 bits per heavy atom. The lowest BCUT2D eigenvalue weighted by atomic mass is 10.1. The molecule has 1 aliphatic heterocycles. The van der Waals surface area contributed by atoms with Crippen molar-refractivity contribution in [2.75, 3.05) is 13.2 Å². The Kier molecular flexibility index (Phi) is 5.98. The van der Waals surface area contributed by atoms with E-state index in [-0.39, 0.29) is 31.1 Å². The molecule has 132 valence electrons. The second kappa shape index (κ2) is 8.60. The van der Waals surface area contributed by atoms with Crippen LogP contribution < -0.4 is 10.8 Å². The third-order valence-corrected chi connectivity index (χ3v) is 4.09. The molecule has 2 amide bonds. The molecule has 0 aromatic heterocycles. The SMILES string of the molecule is O=C(CCNC(=O)c1ccc2ccccc2c1)NO[C@H]1CCCCO1. The van der Waals surface area contributed by atoms with Crippen molar-refractivity contribution in [2.24, 2.45) is 0 Å². The maximum absolute atomic E-state index is 12.2. The zero-order valence-corrected chi connectivity index (χ0v) is 14.0. The predicted octanol–water partition coefficient (Wildman–Crippen LogP) is 2.53. The van der Waals surface area contributed by atoms with E-state index in [9.17, 15) is 9.59 Å². The summed E-state index contributed by atoms with van der Waals surface area (Å²) in [5, 5.41) is 4.84. The fraction of sp³-hybridized carbons (Fsp3) is 0.368. The van der Waals surface area contributed by atoms with Crippen molar-refractivity contribution in [3.8, 4) is 0 Å². The highest BCUT2D eigenvalue weighted by molar-refractivity contribution is 5.98. The predicted molar refractivity (Wildman–Crippen MR) is 93.7 cm³/mol. The first-order valence-corrected chi connectivity index (χ1v) is 8.55. The van der Waals surface area contributed by atoms with E-state index in [2.05, 4.69) is 10.8 Å². The Balaban J connectivity index is 1.41. The standard InChI is InChI=1S/C19H22N2O4/c22-17(21-25-18-7-3-4-12-24-18)10-11-20-19(23)16-9-8-14-5-1-2-6-15(14)13-16/h1-2,5-6,8-9,13,18H,3-4,7,10-12H2,(H,20,23)(H,21,22)/t18-/m0/s1. The van der Waals surface area contributed by atoms with E-state index < -0.39 is 0 Å². The van der Waals surface area contributed by atoms with Gasteiger partial charge in [0.1, 0.15) is 0 Å². The number of hydrogen-bond acceptors (Lipinski definition) is 4. The zero-order valence-electron chi connectivity index (χ0n) is 14.0. The van der Waals surface area contributed by atoms with Crippen molar-refractivity contribution >= 4 is 22.6 Å². The highest BCUT2D eigenvalue weighted by atomic mass is 16.8. The van der Waals surface area contributed by atoms with E-state index in [1.165, 1.54) is 0 Å². The van der Waals surface area contributed by atoms with E-state index in [1.54, 1.807) is 6.07 Å². The normalized spacial score (nSPS) is 17.2. The fourth-order valence-electron chi connectivity index (χ4n) is 2.71. The van der Waals surface area contributed by atoms with Gasteiger partial charge < -0.3 is 10.1 Å². The fourth-order valence-corrected chi connectivity index (χ4v) is 2.71. The van der Waals surface area contributed by atoms with Gasteiger partial charge in [-0.3, -0.25) is 9.59 Å². The first-order chi connectivity index (χ1) is 12.2. The minimum atomic E-state index is -0.370. The second-order valence-corrected chi connectivity index (χ2v) is 6.01. The van der Waals surface area contributed by atoms with Crippen molar-refractivity contribution in [3.05, 3.63) is 48.0 Å². The summed E-state index contributed by atoms with van der Waals surface area (Å²) < 4.78 is 5.36. The van der Waals surface area contributed by atoms with Gasteiger partial charge in [0.2, 0.25) is 5.91 Å². The van der Waals surface area contributed by atoms with Crippen molar-refractivity contribution < 1.29 is 19.2 Å². The third kappa shape index (κ3) is 5.01. The number of hydroxylamine groups is 1. The Morgan fingerprint density at radius 1 is 1.12 bits per heavy atom. The molecule has 0 spiro atoms. The molecule has 6 nitrogen and oxygen atoms in total. The molecule has 1 fully saturated rings. The minimum Gasteiger partial charge on any atom is -0.352 e. The molecule has 3 rings (SSSR count). The van der Waals surface area contributed by atoms with Crippen LogP contribution in [0.25, 0.3) is 10.8 Å². The van der Waals surface area contributed by atoms with Crippen molar-refractivity contribution in [2.45, 2.75) is 32.0 Å². The largest absolute Gasteiger partial charge is 0.352 e. The lowest BCUT2D eigenvalue weighted by Crippen LogP contribution is -2.35. The highest BCUT2D eigenvalue weighted by Crippen LogP contribution is 2.15. The summed E-state index contributed by atoms with van der Waals surface area (Å²) in [6, 6.07) is 13.4. The molecular weight excluding hydrogens is 320 g/mol. The van der Waals surface area contributed by atoms with Crippen molar-refractivity contribution in [3.63, 3.8) is 0 Å². The monoisotopic (exact) mass is 342 g/mol. The number of carbonyl (C=O) groups excluding carboxylic acids is 2. The lowest BCUT2D eigenvalue weighted by Gasteiger charge is -2.22. The van der Waals surface area contributed by atoms with Crippen LogP contribution >= 0.6 is 0 Å². The Hall–Kier alpha value is -2.44. The first kappa shape index (κ1) is 17.4. The Bertz CT molecular complexity index is 741. The van der Waals surface area contributed by atoms with Crippen LogP contribution in [0.15, 0.2) is 42.5 Å². The number of nitrogens with one attached hydrogen (secondary N) is 2. The summed E-state index contributed by atoms with van der Waals surface area (Å²) in [6.45, 7) is 0.898. The third-order valence-electron chi connectivity index (χ3n) is 4.09. The molecule has 1 atom stereocenters. The number of benzene rings is 2. The van der Waals surface area contributed by atoms with Gasteiger partial charge in [0.25, 0.3) is 5.91 Å². The molecule has 1 aliphatic rings. The smallest absolute Gasteiger partial charge is 0.251 e. The van der Waals surface area contributed by atoms with Crippen LogP contribution in [-0.4, -0.2) is 31.3 Å². The number of hydrogen-bond donors (Lipinski definition) is 2. The Morgan fingerprint density at radius 2 is 1.96 bits per heavy atom. The van der Waals surface area contributed by atoms with Gasteiger partial charge in [-0.15, -0.1) is 0 Å². The van der Waals surface area contributed by atoms with E-state index in [1.807, 2.05) is 36.4 Å². The molecule has 0 saturated carbocycles. The van der Waals surface area contributed by atoms with Gasteiger partial charge >= 0.3 is 0 Å². The van der Waals surface area contributed by atoms with Crippen LogP contribution in [0.4, 0.5) is 0 Å². The molecule has 0 bridgehead atoms. The number of ether oxygens (including phenoxy) is 1. The summed E-state index contributed by atoms with van der Waals surface area (Å²) in [6.07, 6.45) is 2.60. The van der Waals surface area contributed by atoms with Crippen molar-refractivity contribution in [1.29, 1.82) is 0 Å². The van der Waals surface area contributed by atoms with Gasteiger partial charge in [-0.25, -0.2) is 10.3 Å². The summed E-state index contributed by atoms with van der Waals surface area (Å²) >= 11 is 0. The molecular formula is C19H22N2O4. The molecule has 1 saturated heterocycles. The molecule has 25 heavy (non-hydrogen) atoms. The van der Waals surface area contributed by atoms with Gasteiger partial charge in [0.15, 0.2) is 6.29 Å². The molecule has 0 unspecified atom stereocenters. The average molecular weight is 342 g/mol. The van der Waals surface area contributed by atoms with E-state index in [4.69, 9.17) is 9.57 Å². The number of rotatable bonds is 6. The van der Waals surface area contributed by atoms with Gasteiger partial charge in [-0.1, -0.05) is 30.3 Å². The van der Waals surface area contributed by atoms with Gasteiger partial charge in [0, 0.05) is 31.6 Å². The number of amides is 2. The molecule has 6 heteroatoms. The van der Waals surface area contributed by atoms with Crippen molar-refractivity contribution in [1.82, 2.24) is 10.8 Å². The van der Waals surface area contributed by atoms with Gasteiger partial charge in [-0.05, 0) is 35.7 Å². The van der Waals surface area contributed by atoms with Crippen LogP contribution in [0.2, 0.25) is 0 Å². The second-order valence-electron chi connectivity index (χ2n) is 6.01. The van der Waals surface area contributed by atoms with Crippen LogP contribution in [0.5, 0.6) is 0 Å². The minimum absolute atomic E-state index is 0.145. The average Bonchev–Trinajstić information content (AvgIpc) is 2.66. The Labute approximate surface area is 146 Å². The summed E-state index contributed by atoms with van der Waals surface area (Å²) in [5.41, 5.74) is 2.95. The molecule has 0 radical (unpaired) electrons. The molecule has 2 aromatic rings. The topological polar surface area (TPSA) is 76.7 Å². The number of fused-ring (bicyclic) bond motifs is 1. The van der Waals surface area contributed by atoms with Gasteiger partial charge in [-0.2, -0.15) is 0 Å². The quantitative estimate of drug-likeness (QED) is 0.791. The first-order valence-electron chi connectivity index (χ1n) is 8.55. The summed E-state index contributed by atoms with van der Waals surface area (Å²) in [7, 11) is 0. The molecule has 1 heterocycles. The molecule has 0 aliphatic carbocycles. The summed E-state index contributed by atoms with van der Waals surface area (Å²) in [5.74, 6) is -0.483. The van der Waals surface area contributed by atoms with E-state index in [0.29, 0.717) is 12.2 Å². The van der Waals surface area contributed by atoms with Crippen LogP contribution in [0, 0.1) is 0 Å². The summed E-state index contributed by atoms with van der Waals surface area (Å²) in [4.78, 5) is 29.1. The van der Waals surface area contributed by atoms with Crippen LogP contribution in [0.1, 0.15) is 36.0 Å². The van der Waals surface area contributed by atoms with E-state index >= 15 is 0 Å². The van der Waals surface area contributed by atoms with E-state index in [0.717, 1.165) is 30.0 Å². The number of carbonyl (C=O) groups is 2. The molecule has 2 aromatic carbocycles. The maximum Gasteiger partial charge on any atom is 0.251 e. The molecule has 2 N–H and O–H groups in total. The van der Waals surface area contributed by atoms with Gasteiger partial charge in [0.05, 0.1) is 0 Å². The maximum atomic E-state index is 12.2. The highest BCUT2D eigenvalue weighted by Gasteiger charge is 2.15. The lowest BCUT2D eigenvalue weighted by molar-refractivity contribution is -0.200. The van der Waals surface area contributed by atoms with Crippen LogP contribution in [0.3, 0.4) is 0 Å².